The maximum atomic E-state index is 12.7. The lowest BCUT2D eigenvalue weighted by atomic mass is 10.1. The summed E-state index contributed by atoms with van der Waals surface area (Å²) in [7, 11) is -3.62. The van der Waals surface area contributed by atoms with Crippen molar-refractivity contribution in [3.63, 3.8) is 0 Å². The number of nitrogens with zero attached hydrogens (tertiary/aromatic N) is 5. The maximum Gasteiger partial charge on any atom is 0.276 e. The van der Waals surface area contributed by atoms with E-state index in [4.69, 9.17) is 4.42 Å². The third-order valence-electron chi connectivity index (χ3n) is 4.91. The molecule has 4 aromatic rings. The van der Waals surface area contributed by atoms with Crippen LogP contribution < -0.4 is 0 Å². The van der Waals surface area contributed by atoms with Gasteiger partial charge in [-0.3, -0.25) is 0 Å². The van der Waals surface area contributed by atoms with E-state index in [0.717, 1.165) is 29.3 Å². The van der Waals surface area contributed by atoms with Crippen molar-refractivity contribution in [2.24, 2.45) is 0 Å². The number of aryl methyl sites for hydroxylation is 1. The molecule has 1 aliphatic rings. The van der Waals surface area contributed by atoms with Crippen LogP contribution in [0.5, 0.6) is 0 Å². The van der Waals surface area contributed by atoms with Gasteiger partial charge in [0.25, 0.3) is 10.0 Å². The highest BCUT2D eigenvalue weighted by molar-refractivity contribution is 7.89. The summed E-state index contributed by atoms with van der Waals surface area (Å²) >= 11 is 0. The molecule has 0 bridgehead atoms. The Hall–Kier alpha value is -2.78. The van der Waals surface area contributed by atoms with Crippen LogP contribution in [0.1, 0.15) is 18.5 Å². The number of aromatic nitrogens is 4. The van der Waals surface area contributed by atoms with E-state index in [9.17, 15) is 8.42 Å². The Morgan fingerprint density at radius 1 is 1.00 bits per heavy atom. The monoisotopic (exact) mass is 383 g/mol. The van der Waals surface area contributed by atoms with E-state index in [0.29, 0.717) is 30.3 Å². The van der Waals surface area contributed by atoms with Crippen molar-refractivity contribution in [2.75, 3.05) is 13.1 Å². The smallest absolute Gasteiger partial charge is 0.276 e. The first-order valence-corrected chi connectivity index (χ1v) is 10.2. The van der Waals surface area contributed by atoms with Gasteiger partial charge in [0, 0.05) is 23.9 Å². The van der Waals surface area contributed by atoms with E-state index in [1.165, 1.54) is 10.4 Å². The minimum atomic E-state index is -3.62. The second-order valence-corrected chi connectivity index (χ2v) is 8.49. The van der Waals surface area contributed by atoms with Crippen LogP contribution in [0.2, 0.25) is 0 Å². The van der Waals surface area contributed by atoms with Crippen molar-refractivity contribution in [1.82, 2.24) is 24.1 Å². The summed E-state index contributed by atoms with van der Waals surface area (Å²) in [6, 6.07) is 10.9. The van der Waals surface area contributed by atoms with Gasteiger partial charge in [0.2, 0.25) is 10.9 Å². The molecule has 0 spiro atoms. The van der Waals surface area contributed by atoms with Crippen molar-refractivity contribution in [3.8, 4) is 11.6 Å². The summed E-state index contributed by atoms with van der Waals surface area (Å²) in [5.41, 5.74) is 1.43. The summed E-state index contributed by atoms with van der Waals surface area (Å²) in [5.74, 6) is 0.698. The first-order valence-electron chi connectivity index (χ1n) is 8.77. The van der Waals surface area contributed by atoms with E-state index < -0.39 is 10.0 Å². The highest BCUT2D eigenvalue weighted by Crippen LogP contribution is 2.29. The Morgan fingerprint density at radius 2 is 1.74 bits per heavy atom. The number of fused-ring (bicyclic) bond motifs is 3. The zero-order chi connectivity index (χ0) is 18.6. The number of sulfonamides is 1. The Morgan fingerprint density at radius 3 is 2.52 bits per heavy atom. The average Bonchev–Trinajstić information content (AvgIpc) is 3.41. The van der Waals surface area contributed by atoms with Gasteiger partial charge in [0.1, 0.15) is 0 Å². The van der Waals surface area contributed by atoms with Crippen LogP contribution in [-0.4, -0.2) is 45.6 Å². The fraction of sp³-hybridized carbons (Fsp3) is 0.278. The van der Waals surface area contributed by atoms with Crippen LogP contribution >= 0.6 is 0 Å². The highest BCUT2D eigenvalue weighted by Gasteiger charge is 2.30. The van der Waals surface area contributed by atoms with Crippen LogP contribution in [-0.2, 0) is 10.0 Å². The number of hydrogen-bond donors (Lipinski definition) is 0. The largest absolute Gasteiger partial charge is 0.440 e. The molecule has 5 rings (SSSR count). The fourth-order valence-corrected chi connectivity index (χ4v) is 4.96. The number of hydrogen-bond acceptors (Lipinski definition) is 6. The van der Waals surface area contributed by atoms with Crippen LogP contribution in [0, 0.1) is 6.92 Å². The molecule has 0 aliphatic carbocycles. The molecule has 27 heavy (non-hydrogen) atoms. The molecule has 138 valence electrons. The number of benzene rings is 1. The predicted molar refractivity (Wildman–Crippen MR) is 98.7 cm³/mol. The molecular weight excluding hydrogens is 366 g/mol. The van der Waals surface area contributed by atoms with Crippen molar-refractivity contribution >= 4 is 26.4 Å². The highest BCUT2D eigenvalue weighted by atomic mass is 32.2. The Labute approximate surface area is 155 Å². The summed E-state index contributed by atoms with van der Waals surface area (Å²) in [6.45, 7) is 2.97. The molecule has 8 nitrogen and oxygen atoms in total. The molecule has 1 aliphatic heterocycles. The SMILES string of the molecule is Cc1nn2c(-c3ccc(S(=O)(=O)N4CCCC4)o3)nnc2c2ccccc12. The molecule has 0 amide bonds. The minimum Gasteiger partial charge on any atom is -0.440 e. The predicted octanol–water partition coefficient (Wildman–Crippen LogP) is 2.63. The maximum absolute atomic E-state index is 12.7. The van der Waals surface area contributed by atoms with Gasteiger partial charge < -0.3 is 4.42 Å². The van der Waals surface area contributed by atoms with Gasteiger partial charge in [0.15, 0.2) is 11.4 Å². The van der Waals surface area contributed by atoms with Gasteiger partial charge in [-0.25, -0.2) is 8.42 Å². The lowest BCUT2D eigenvalue weighted by Gasteiger charge is -2.12. The van der Waals surface area contributed by atoms with Gasteiger partial charge in [-0.1, -0.05) is 24.3 Å². The fourth-order valence-electron chi connectivity index (χ4n) is 3.53. The Kier molecular flexibility index (Phi) is 3.56. The molecule has 0 unspecified atom stereocenters. The normalized spacial score (nSPS) is 15.9. The summed E-state index contributed by atoms with van der Waals surface area (Å²) in [4.78, 5) is 0. The molecule has 1 fully saturated rings. The van der Waals surface area contributed by atoms with Gasteiger partial charge in [-0.2, -0.15) is 13.9 Å². The average molecular weight is 383 g/mol. The Bertz CT molecular complexity index is 1270. The topological polar surface area (TPSA) is 93.6 Å². The molecule has 0 saturated carbocycles. The molecule has 1 aromatic carbocycles. The second kappa shape index (κ2) is 5.86. The molecule has 0 atom stereocenters. The van der Waals surface area contributed by atoms with Gasteiger partial charge in [-0.15, -0.1) is 10.2 Å². The first kappa shape index (κ1) is 16.4. The zero-order valence-electron chi connectivity index (χ0n) is 14.7. The molecular formula is C18H17N5O3S. The van der Waals surface area contributed by atoms with Crippen LogP contribution in [0.3, 0.4) is 0 Å². The number of furan rings is 1. The minimum absolute atomic E-state index is 0.0753. The first-order chi connectivity index (χ1) is 13.1. The third-order valence-corrected chi connectivity index (χ3v) is 6.68. The van der Waals surface area contributed by atoms with Crippen LogP contribution in [0.4, 0.5) is 0 Å². The Balaban J connectivity index is 1.64. The molecule has 3 aromatic heterocycles. The van der Waals surface area contributed by atoms with Crippen molar-refractivity contribution in [3.05, 3.63) is 42.1 Å². The van der Waals surface area contributed by atoms with Crippen molar-refractivity contribution in [1.29, 1.82) is 0 Å². The summed E-state index contributed by atoms with van der Waals surface area (Å²) < 4.78 is 34.1. The number of rotatable bonds is 3. The molecule has 9 heteroatoms. The molecule has 0 radical (unpaired) electrons. The summed E-state index contributed by atoms with van der Waals surface area (Å²) in [5, 5.41) is 14.9. The molecule has 0 N–H and O–H groups in total. The lowest BCUT2D eigenvalue weighted by Crippen LogP contribution is -2.27. The zero-order valence-corrected chi connectivity index (χ0v) is 15.5. The van der Waals surface area contributed by atoms with Gasteiger partial charge >= 0.3 is 0 Å². The van der Waals surface area contributed by atoms with E-state index in [-0.39, 0.29) is 5.09 Å². The van der Waals surface area contributed by atoms with E-state index in [1.807, 2.05) is 31.2 Å². The van der Waals surface area contributed by atoms with Crippen molar-refractivity contribution in [2.45, 2.75) is 24.9 Å². The third kappa shape index (κ3) is 2.46. The van der Waals surface area contributed by atoms with Crippen molar-refractivity contribution < 1.29 is 12.8 Å². The molecule has 4 heterocycles. The standard InChI is InChI=1S/C18H17N5O3S/c1-12-13-6-2-3-7-14(13)17-19-20-18(23(17)21-12)15-8-9-16(26-15)27(24,25)22-10-4-5-11-22/h2-3,6-9H,4-5,10-11H2,1H3. The van der Waals surface area contributed by atoms with Gasteiger partial charge in [-0.05, 0) is 31.9 Å². The quantitative estimate of drug-likeness (QED) is 0.540. The molecule has 1 saturated heterocycles. The van der Waals surface area contributed by atoms with E-state index >= 15 is 0 Å². The van der Waals surface area contributed by atoms with E-state index in [1.54, 1.807) is 10.6 Å². The van der Waals surface area contributed by atoms with Crippen LogP contribution in [0.25, 0.3) is 28.0 Å². The second-order valence-electron chi connectivity index (χ2n) is 6.62. The van der Waals surface area contributed by atoms with Gasteiger partial charge in [0.05, 0.1) is 5.69 Å². The lowest BCUT2D eigenvalue weighted by molar-refractivity contribution is 0.416. The summed E-state index contributed by atoms with van der Waals surface area (Å²) in [6.07, 6.45) is 1.75. The van der Waals surface area contributed by atoms with Crippen LogP contribution in [0.15, 0.2) is 45.9 Å². The van der Waals surface area contributed by atoms with E-state index in [2.05, 4.69) is 15.3 Å².